The first-order valence-corrected chi connectivity index (χ1v) is 10.8. The maximum atomic E-state index is 13.0. The highest BCUT2D eigenvalue weighted by Crippen LogP contribution is 2.30. The molecule has 2 aliphatic rings. The molecule has 1 N–H and O–H groups in total. The third kappa shape index (κ3) is 4.03. The van der Waals surface area contributed by atoms with Gasteiger partial charge in [0.15, 0.2) is 0 Å². The number of carboxylic acid groups (broad SMARTS) is 1. The van der Waals surface area contributed by atoms with Crippen LogP contribution in [0.4, 0.5) is 0 Å². The molecule has 8 nitrogen and oxygen atoms in total. The number of rotatable bonds is 6. The van der Waals surface area contributed by atoms with Gasteiger partial charge in [0.25, 0.3) is 10.0 Å². The van der Waals surface area contributed by atoms with Crippen LogP contribution in [0.2, 0.25) is 0 Å². The molecule has 0 bridgehead atoms. The Bertz CT molecular complexity index is 816. The zero-order valence-corrected chi connectivity index (χ0v) is 16.4. The maximum Gasteiger partial charge on any atom is 0.371 e. The number of sulfonamides is 1. The lowest BCUT2D eigenvalue weighted by Crippen LogP contribution is -2.47. The number of likely N-dealkylation sites (tertiary alicyclic amines) is 1. The number of carbonyl (C=O) groups excluding carboxylic acids is 1. The predicted molar refractivity (Wildman–Crippen MR) is 96.7 cm³/mol. The zero-order chi connectivity index (χ0) is 19.8. The van der Waals surface area contributed by atoms with Crippen molar-refractivity contribution in [3.8, 4) is 0 Å². The van der Waals surface area contributed by atoms with E-state index >= 15 is 0 Å². The number of nitrogens with zero attached hydrogens (tertiary/aromatic N) is 2. The predicted octanol–water partition coefficient (Wildman–Crippen LogP) is 2.03. The lowest BCUT2D eigenvalue weighted by Gasteiger charge is -2.26. The number of carbonyl (C=O) groups is 2. The van der Waals surface area contributed by atoms with Crippen molar-refractivity contribution in [2.24, 2.45) is 11.8 Å². The summed E-state index contributed by atoms with van der Waals surface area (Å²) in [7, 11) is -4.05. The summed E-state index contributed by atoms with van der Waals surface area (Å²) in [6.45, 7) is 5.87. The maximum absolute atomic E-state index is 13.0. The van der Waals surface area contributed by atoms with E-state index in [4.69, 9.17) is 9.52 Å². The van der Waals surface area contributed by atoms with E-state index in [1.807, 2.05) is 0 Å². The summed E-state index contributed by atoms with van der Waals surface area (Å²) in [6, 6.07) is 1.50. The molecule has 0 aliphatic carbocycles. The molecule has 2 saturated heterocycles. The molecule has 2 atom stereocenters. The fraction of sp³-hybridized carbons (Fsp3) is 0.667. The van der Waals surface area contributed by atoms with Crippen molar-refractivity contribution in [1.29, 1.82) is 0 Å². The van der Waals surface area contributed by atoms with Gasteiger partial charge in [-0.25, -0.2) is 13.2 Å². The number of hydrogen-bond acceptors (Lipinski definition) is 5. The molecule has 1 aromatic heterocycles. The van der Waals surface area contributed by atoms with E-state index < -0.39 is 32.9 Å². The van der Waals surface area contributed by atoms with Gasteiger partial charge in [0.1, 0.15) is 6.04 Å². The monoisotopic (exact) mass is 398 g/mol. The number of hydrogen-bond donors (Lipinski definition) is 1. The summed E-state index contributed by atoms with van der Waals surface area (Å²) in [5.41, 5.74) is 0. The van der Waals surface area contributed by atoms with Crippen molar-refractivity contribution < 1.29 is 27.5 Å². The molecule has 0 radical (unpaired) electrons. The van der Waals surface area contributed by atoms with Gasteiger partial charge in [0, 0.05) is 19.6 Å². The third-order valence-electron chi connectivity index (χ3n) is 5.25. The summed E-state index contributed by atoms with van der Waals surface area (Å²) in [5.74, 6) is -0.905. The number of furan rings is 1. The highest BCUT2D eigenvalue weighted by Gasteiger charge is 2.43. The quantitative estimate of drug-likeness (QED) is 0.785. The van der Waals surface area contributed by atoms with E-state index in [0.29, 0.717) is 37.8 Å². The summed E-state index contributed by atoms with van der Waals surface area (Å²) >= 11 is 0. The average Bonchev–Trinajstić information content (AvgIpc) is 3.33. The topological polar surface area (TPSA) is 108 Å². The molecule has 0 saturated carbocycles. The van der Waals surface area contributed by atoms with Crippen LogP contribution in [0.3, 0.4) is 0 Å². The van der Waals surface area contributed by atoms with Crippen molar-refractivity contribution in [2.75, 3.05) is 19.6 Å². The Morgan fingerprint density at radius 2 is 2.00 bits per heavy atom. The van der Waals surface area contributed by atoms with Gasteiger partial charge in [0.2, 0.25) is 16.8 Å². The summed E-state index contributed by atoms with van der Waals surface area (Å²) in [5, 5.41) is 8.51. The van der Waals surface area contributed by atoms with Crippen LogP contribution in [0.1, 0.15) is 50.1 Å². The molecule has 1 aromatic rings. The Morgan fingerprint density at radius 3 is 2.63 bits per heavy atom. The van der Waals surface area contributed by atoms with Gasteiger partial charge in [-0.1, -0.05) is 13.8 Å². The molecular formula is C18H26N2O6S. The van der Waals surface area contributed by atoms with Crippen molar-refractivity contribution in [2.45, 2.75) is 50.7 Å². The van der Waals surface area contributed by atoms with Gasteiger partial charge in [0.05, 0.1) is 0 Å². The van der Waals surface area contributed by atoms with Crippen LogP contribution in [0.5, 0.6) is 0 Å². The largest absolute Gasteiger partial charge is 0.475 e. The molecule has 9 heteroatoms. The second-order valence-electron chi connectivity index (χ2n) is 7.77. The van der Waals surface area contributed by atoms with Gasteiger partial charge >= 0.3 is 5.97 Å². The first-order chi connectivity index (χ1) is 12.7. The van der Waals surface area contributed by atoms with E-state index in [9.17, 15) is 18.0 Å². The van der Waals surface area contributed by atoms with Gasteiger partial charge < -0.3 is 14.4 Å². The first kappa shape index (κ1) is 19.9. The fourth-order valence-corrected chi connectivity index (χ4v) is 5.63. The standard InChI is InChI=1S/C18H26N2O6S/c1-12(2)10-13-7-9-19(11-13)17(21)14-4-3-8-20(14)27(24,25)16-6-5-15(26-16)18(22)23/h5-6,12-14H,3-4,7-11H2,1-2H3,(H,22,23). The molecule has 0 aromatic carbocycles. The number of carboxylic acids is 1. The molecule has 150 valence electrons. The zero-order valence-electron chi connectivity index (χ0n) is 15.6. The van der Waals surface area contributed by atoms with Crippen LogP contribution >= 0.6 is 0 Å². The molecule has 3 rings (SSSR count). The third-order valence-corrected chi connectivity index (χ3v) is 7.03. The smallest absolute Gasteiger partial charge is 0.371 e. The molecule has 27 heavy (non-hydrogen) atoms. The summed E-state index contributed by atoms with van der Waals surface area (Å²) in [4.78, 5) is 25.7. The Kier molecular flexibility index (Phi) is 5.62. The number of aromatic carboxylic acids is 1. The van der Waals surface area contributed by atoms with E-state index in [1.54, 1.807) is 4.90 Å². The summed E-state index contributed by atoms with van der Waals surface area (Å²) in [6.07, 6.45) is 3.06. The lowest BCUT2D eigenvalue weighted by atomic mass is 9.97. The van der Waals surface area contributed by atoms with E-state index in [2.05, 4.69) is 13.8 Å². The molecular weight excluding hydrogens is 372 g/mol. The van der Waals surface area contributed by atoms with Crippen molar-refractivity contribution in [3.63, 3.8) is 0 Å². The van der Waals surface area contributed by atoms with Crippen LogP contribution in [0, 0.1) is 11.8 Å². The van der Waals surface area contributed by atoms with Crippen molar-refractivity contribution in [3.05, 3.63) is 17.9 Å². The first-order valence-electron chi connectivity index (χ1n) is 9.34. The second-order valence-corrected chi connectivity index (χ2v) is 9.59. The van der Waals surface area contributed by atoms with Crippen LogP contribution in [0.25, 0.3) is 0 Å². The molecule has 2 aliphatic heterocycles. The molecule has 3 heterocycles. The highest BCUT2D eigenvalue weighted by molar-refractivity contribution is 7.89. The van der Waals surface area contributed by atoms with Crippen molar-refractivity contribution in [1.82, 2.24) is 9.21 Å². The summed E-state index contributed by atoms with van der Waals surface area (Å²) < 4.78 is 31.9. The fourth-order valence-electron chi connectivity index (χ4n) is 4.07. The van der Waals surface area contributed by atoms with E-state index in [1.165, 1.54) is 0 Å². The van der Waals surface area contributed by atoms with Gasteiger partial charge in [-0.2, -0.15) is 4.31 Å². The highest BCUT2D eigenvalue weighted by atomic mass is 32.2. The molecule has 2 unspecified atom stereocenters. The van der Waals surface area contributed by atoms with Crippen LogP contribution in [0.15, 0.2) is 21.6 Å². The number of amides is 1. The van der Waals surface area contributed by atoms with Crippen molar-refractivity contribution >= 4 is 21.9 Å². The molecule has 2 fully saturated rings. The Balaban J connectivity index is 1.74. The van der Waals surface area contributed by atoms with Gasteiger partial charge in [-0.3, -0.25) is 4.79 Å². The molecule has 1 amide bonds. The normalized spacial score (nSPS) is 24.0. The van der Waals surface area contributed by atoms with Crippen LogP contribution < -0.4 is 0 Å². The van der Waals surface area contributed by atoms with Gasteiger partial charge in [-0.05, 0) is 49.7 Å². The Morgan fingerprint density at radius 1 is 1.26 bits per heavy atom. The lowest BCUT2D eigenvalue weighted by molar-refractivity contribution is -0.133. The minimum atomic E-state index is -4.05. The minimum absolute atomic E-state index is 0.160. The van der Waals surface area contributed by atoms with E-state index in [0.717, 1.165) is 29.3 Å². The minimum Gasteiger partial charge on any atom is -0.475 e. The Hall–Kier alpha value is -1.87. The molecule has 0 spiro atoms. The van der Waals surface area contributed by atoms with Crippen LogP contribution in [-0.4, -0.2) is 60.3 Å². The second kappa shape index (κ2) is 7.63. The van der Waals surface area contributed by atoms with E-state index in [-0.39, 0.29) is 12.5 Å². The van der Waals surface area contributed by atoms with Crippen LogP contribution in [-0.2, 0) is 14.8 Å². The Labute approximate surface area is 159 Å². The SMILES string of the molecule is CC(C)CC1CCN(C(=O)C2CCCN2S(=O)(=O)c2ccc(C(=O)O)o2)C1. The van der Waals surface area contributed by atoms with Gasteiger partial charge in [-0.15, -0.1) is 0 Å². The average molecular weight is 398 g/mol.